The maximum absolute atomic E-state index is 9.75. The lowest BCUT2D eigenvalue weighted by molar-refractivity contribution is 0.104. The van der Waals surface area contributed by atoms with E-state index in [1.54, 1.807) is 7.11 Å². The molecule has 1 aromatic rings. The van der Waals surface area contributed by atoms with E-state index in [0.29, 0.717) is 6.54 Å². The Bertz CT molecular complexity index is 440. The van der Waals surface area contributed by atoms with Gasteiger partial charge in [0.2, 0.25) is 0 Å². The molecule has 1 saturated carbocycles. The van der Waals surface area contributed by atoms with Crippen molar-refractivity contribution in [2.75, 3.05) is 13.7 Å². The molecule has 0 aliphatic heterocycles. The molecule has 1 fully saturated rings. The number of hydrogen-bond acceptors (Lipinski definition) is 4. The van der Waals surface area contributed by atoms with Crippen molar-refractivity contribution in [1.29, 1.82) is 0 Å². The molecule has 2 N–H and O–H groups in total. The van der Waals surface area contributed by atoms with Crippen LogP contribution in [0.5, 0.6) is 5.75 Å². The fourth-order valence-corrected chi connectivity index (χ4v) is 2.89. The molecule has 0 saturated heterocycles. The second-order valence-electron chi connectivity index (χ2n) is 6.11. The number of nitrogens with one attached hydrogen (secondary N) is 1. The van der Waals surface area contributed by atoms with Crippen molar-refractivity contribution in [3.63, 3.8) is 0 Å². The first kappa shape index (κ1) is 15.3. The first-order valence-corrected chi connectivity index (χ1v) is 7.44. The average molecular weight is 278 g/mol. The minimum Gasteiger partial charge on any atom is -0.497 e. The van der Waals surface area contributed by atoms with Crippen LogP contribution < -0.4 is 10.1 Å². The average Bonchev–Trinajstić information content (AvgIpc) is 2.46. The number of aliphatic hydroxyl groups is 1. The fraction of sp³-hybridized carbons (Fsp3) is 0.688. The van der Waals surface area contributed by atoms with Gasteiger partial charge in [0.15, 0.2) is 0 Å². The van der Waals surface area contributed by atoms with Crippen LogP contribution in [0, 0.1) is 12.8 Å². The number of aliphatic hydroxyl groups excluding tert-OH is 1. The molecule has 0 aromatic carbocycles. The van der Waals surface area contributed by atoms with Gasteiger partial charge in [-0.25, -0.2) is 0 Å². The van der Waals surface area contributed by atoms with Crippen LogP contribution in [0.4, 0.5) is 0 Å². The van der Waals surface area contributed by atoms with E-state index in [-0.39, 0.29) is 12.1 Å². The van der Waals surface area contributed by atoms with E-state index in [9.17, 15) is 5.11 Å². The number of rotatable bonds is 5. The van der Waals surface area contributed by atoms with E-state index in [1.807, 2.05) is 19.1 Å². The number of methoxy groups -OCH3 is 1. The lowest BCUT2D eigenvalue weighted by Gasteiger charge is -2.39. The molecule has 4 heteroatoms. The zero-order valence-electron chi connectivity index (χ0n) is 12.8. The molecule has 0 atom stereocenters. The third-order valence-corrected chi connectivity index (χ3v) is 4.39. The molecule has 0 bridgehead atoms. The van der Waals surface area contributed by atoms with Gasteiger partial charge >= 0.3 is 0 Å². The SMILES string of the molecule is COc1cc(C)nc(CNC2(CO)CCC(C)CC2)c1. The van der Waals surface area contributed by atoms with Crippen molar-refractivity contribution in [3.05, 3.63) is 23.5 Å². The van der Waals surface area contributed by atoms with Crippen LogP contribution in [0.15, 0.2) is 12.1 Å². The van der Waals surface area contributed by atoms with Crippen LogP contribution in [0.3, 0.4) is 0 Å². The summed E-state index contributed by atoms with van der Waals surface area (Å²) in [7, 11) is 1.67. The van der Waals surface area contributed by atoms with Crippen molar-refractivity contribution >= 4 is 0 Å². The highest BCUT2D eigenvalue weighted by atomic mass is 16.5. The maximum Gasteiger partial charge on any atom is 0.122 e. The third kappa shape index (κ3) is 3.70. The minimum absolute atomic E-state index is 0.134. The molecule has 112 valence electrons. The first-order chi connectivity index (χ1) is 9.57. The maximum atomic E-state index is 9.75. The summed E-state index contributed by atoms with van der Waals surface area (Å²) in [5.74, 6) is 1.61. The molecule has 0 amide bonds. The number of ether oxygens (including phenoxy) is 1. The summed E-state index contributed by atoms with van der Waals surface area (Å²) in [5.41, 5.74) is 1.79. The smallest absolute Gasteiger partial charge is 0.122 e. The molecular formula is C16H26N2O2. The van der Waals surface area contributed by atoms with Gasteiger partial charge in [0.1, 0.15) is 5.75 Å². The standard InChI is InChI=1S/C16H26N2O2/c1-12-4-6-16(11-19,7-5-12)17-10-14-9-15(20-3)8-13(2)18-14/h8-9,12,17,19H,4-7,10-11H2,1-3H3. The van der Waals surface area contributed by atoms with Gasteiger partial charge in [0.25, 0.3) is 0 Å². The van der Waals surface area contributed by atoms with Crippen LogP contribution in [0.2, 0.25) is 0 Å². The molecule has 0 unspecified atom stereocenters. The summed E-state index contributed by atoms with van der Waals surface area (Å²) in [6, 6.07) is 3.88. The zero-order valence-corrected chi connectivity index (χ0v) is 12.8. The van der Waals surface area contributed by atoms with Crippen molar-refractivity contribution in [2.45, 2.75) is 51.6 Å². The van der Waals surface area contributed by atoms with Gasteiger partial charge < -0.3 is 15.2 Å². The second kappa shape index (κ2) is 6.55. The van der Waals surface area contributed by atoms with Gasteiger partial charge in [-0.3, -0.25) is 4.98 Å². The van der Waals surface area contributed by atoms with Crippen molar-refractivity contribution in [3.8, 4) is 5.75 Å². The Morgan fingerprint density at radius 3 is 2.70 bits per heavy atom. The Balaban J connectivity index is 2.01. The fourth-order valence-electron chi connectivity index (χ4n) is 2.89. The normalized spacial score (nSPS) is 26.5. The molecule has 1 heterocycles. The van der Waals surface area contributed by atoms with Gasteiger partial charge in [-0.15, -0.1) is 0 Å². The highest BCUT2D eigenvalue weighted by Crippen LogP contribution is 2.31. The van der Waals surface area contributed by atoms with Gasteiger partial charge in [-0.2, -0.15) is 0 Å². The summed E-state index contributed by atoms with van der Waals surface area (Å²) in [5, 5.41) is 13.3. The predicted octanol–water partition coefficient (Wildman–Crippen LogP) is 2.43. The minimum atomic E-state index is -0.134. The summed E-state index contributed by atoms with van der Waals surface area (Å²) in [6.07, 6.45) is 4.43. The number of nitrogens with zero attached hydrogens (tertiary/aromatic N) is 1. The van der Waals surface area contributed by atoms with Crippen LogP contribution in [0.1, 0.15) is 44.0 Å². The van der Waals surface area contributed by atoms with Crippen LogP contribution in [-0.2, 0) is 6.54 Å². The van der Waals surface area contributed by atoms with E-state index in [4.69, 9.17) is 4.74 Å². The molecule has 1 aromatic heterocycles. The molecule has 0 spiro atoms. The van der Waals surface area contributed by atoms with E-state index in [0.717, 1.165) is 35.9 Å². The third-order valence-electron chi connectivity index (χ3n) is 4.39. The van der Waals surface area contributed by atoms with E-state index < -0.39 is 0 Å². The summed E-state index contributed by atoms with van der Waals surface area (Å²) < 4.78 is 5.28. The van der Waals surface area contributed by atoms with E-state index in [2.05, 4.69) is 17.2 Å². The van der Waals surface area contributed by atoms with Crippen molar-refractivity contribution < 1.29 is 9.84 Å². The molecule has 4 nitrogen and oxygen atoms in total. The zero-order chi connectivity index (χ0) is 14.6. The summed E-state index contributed by atoms with van der Waals surface area (Å²) >= 11 is 0. The Morgan fingerprint density at radius 1 is 1.40 bits per heavy atom. The number of pyridine rings is 1. The number of aromatic nitrogens is 1. The van der Waals surface area contributed by atoms with Crippen molar-refractivity contribution in [2.24, 2.45) is 5.92 Å². The number of hydrogen-bond donors (Lipinski definition) is 2. The molecule has 1 aliphatic rings. The highest BCUT2D eigenvalue weighted by molar-refractivity contribution is 5.26. The predicted molar refractivity (Wildman–Crippen MR) is 79.8 cm³/mol. The van der Waals surface area contributed by atoms with Gasteiger partial charge in [-0.1, -0.05) is 6.92 Å². The molecule has 0 radical (unpaired) electrons. The van der Waals surface area contributed by atoms with Crippen LogP contribution in [-0.4, -0.2) is 29.3 Å². The Kier molecular flexibility index (Phi) is 5.00. The second-order valence-corrected chi connectivity index (χ2v) is 6.11. The molecule has 1 aliphatic carbocycles. The largest absolute Gasteiger partial charge is 0.497 e. The molecule has 2 rings (SSSR count). The quantitative estimate of drug-likeness (QED) is 0.868. The van der Waals surface area contributed by atoms with E-state index >= 15 is 0 Å². The Hall–Kier alpha value is -1.13. The first-order valence-electron chi connectivity index (χ1n) is 7.44. The number of aryl methyl sites for hydroxylation is 1. The lowest BCUT2D eigenvalue weighted by atomic mass is 9.77. The van der Waals surface area contributed by atoms with Crippen molar-refractivity contribution in [1.82, 2.24) is 10.3 Å². The summed E-state index contributed by atoms with van der Waals surface area (Å²) in [4.78, 5) is 4.52. The Morgan fingerprint density at radius 2 is 2.10 bits per heavy atom. The van der Waals surface area contributed by atoms with Crippen LogP contribution >= 0.6 is 0 Å². The molecular weight excluding hydrogens is 252 g/mol. The van der Waals surface area contributed by atoms with Gasteiger partial charge in [0.05, 0.1) is 19.4 Å². The Labute approximate surface area is 121 Å². The van der Waals surface area contributed by atoms with Gasteiger partial charge in [-0.05, 0) is 38.5 Å². The lowest BCUT2D eigenvalue weighted by Crippen LogP contribution is -2.50. The topological polar surface area (TPSA) is 54.4 Å². The van der Waals surface area contributed by atoms with Crippen LogP contribution in [0.25, 0.3) is 0 Å². The summed E-state index contributed by atoms with van der Waals surface area (Å²) in [6.45, 7) is 5.13. The monoisotopic (exact) mass is 278 g/mol. The highest BCUT2D eigenvalue weighted by Gasteiger charge is 2.33. The molecule has 20 heavy (non-hydrogen) atoms. The van der Waals surface area contributed by atoms with E-state index in [1.165, 1.54) is 12.8 Å². The van der Waals surface area contributed by atoms with Gasteiger partial charge in [0, 0.05) is 29.9 Å².